The summed E-state index contributed by atoms with van der Waals surface area (Å²) in [6, 6.07) is 23.0. The Morgan fingerprint density at radius 1 is 1.00 bits per heavy atom. The maximum absolute atomic E-state index is 13.1. The number of carbonyl (C=O) groups is 1. The van der Waals surface area contributed by atoms with Crippen LogP contribution in [0.25, 0.3) is 21.3 Å². The molecule has 0 saturated carbocycles. The number of benzene rings is 3. The third-order valence-electron chi connectivity index (χ3n) is 6.57. The number of thiazole rings is 1. The molecule has 5 nitrogen and oxygen atoms in total. The largest absolute Gasteiger partial charge is 0.322 e. The summed E-state index contributed by atoms with van der Waals surface area (Å²) in [7, 11) is 0. The number of aromatic nitrogens is 1. The Labute approximate surface area is 205 Å². The van der Waals surface area contributed by atoms with Crippen molar-refractivity contribution in [2.45, 2.75) is 26.4 Å². The van der Waals surface area contributed by atoms with E-state index in [1.165, 1.54) is 16.7 Å². The number of hydrogen-bond donors (Lipinski definition) is 1. The molecule has 1 amide bonds. The van der Waals surface area contributed by atoms with Crippen LogP contribution < -0.4 is 5.32 Å². The van der Waals surface area contributed by atoms with E-state index >= 15 is 0 Å². The van der Waals surface area contributed by atoms with E-state index in [1.54, 1.807) is 11.3 Å². The summed E-state index contributed by atoms with van der Waals surface area (Å²) in [5, 5.41) is 3.05. The number of fused-ring (bicyclic) bond motifs is 1. The first-order valence-corrected chi connectivity index (χ1v) is 12.7. The molecule has 1 aromatic heterocycles. The Morgan fingerprint density at radius 3 is 2.56 bits per heavy atom. The quantitative estimate of drug-likeness (QED) is 0.390. The van der Waals surface area contributed by atoms with E-state index in [-0.39, 0.29) is 5.91 Å². The average molecular weight is 471 g/mol. The zero-order chi connectivity index (χ0) is 23.5. The number of nitrogens with zero attached hydrogens (tertiary/aromatic N) is 3. The van der Waals surface area contributed by atoms with Gasteiger partial charge in [0.25, 0.3) is 5.91 Å². The molecule has 1 aliphatic rings. The minimum Gasteiger partial charge on any atom is -0.322 e. The fraction of sp³-hybridized carbons (Fsp3) is 0.286. The van der Waals surface area contributed by atoms with Crippen molar-refractivity contribution >= 4 is 33.1 Å². The maximum Gasteiger partial charge on any atom is 0.255 e. The van der Waals surface area contributed by atoms with Crippen molar-refractivity contribution in [1.29, 1.82) is 0 Å². The molecular formula is C28H30N4OS. The number of nitrogens with one attached hydrogen (secondary N) is 1. The van der Waals surface area contributed by atoms with Crippen LogP contribution in [0.15, 0.2) is 72.2 Å². The summed E-state index contributed by atoms with van der Waals surface area (Å²) in [5.41, 5.74) is 7.73. The molecule has 174 valence electrons. The molecule has 3 aromatic carbocycles. The molecular weight excluding hydrogens is 440 g/mol. The SMILES string of the molecule is CC(C)N1CCN(Cc2cc(C(=O)Nc3ccc4scnc4c3)ccc2-c2ccccc2)CC1. The predicted octanol–water partition coefficient (Wildman–Crippen LogP) is 5.74. The predicted molar refractivity (Wildman–Crippen MR) is 141 cm³/mol. The summed E-state index contributed by atoms with van der Waals surface area (Å²) in [6.07, 6.45) is 0. The summed E-state index contributed by atoms with van der Waals surface area (Å²) >= 11 is 1.60. The van der Waals surface area contributed by atoms with Gasteiger partial charge in [-0.05, 0) is 60.9 Å². The molecule has 1 fully saturated rings. The molecule has 1 aliphatic heterocycles. The van der Waals surface area contributed by atoms with Crippen LogP contribution in [0.5, 0.6) is 0 Å². The van der Waals surface area contributed by atoms with Gasteiger partial charge >= 0.3 is 0 Å². The normalized spacial score (nSPS) is 15.1. The van der Waals surface area contributed by atoms with Crippen molar-refractivity contribution in [3.8, 4) is 11.1 Å². The summed E-state index contributed by atoms with van der Waals surface area (Å²) < 4.78 is 1.12. The van der Waals surface area contributed by atoms with Crippen molar-refractivity contribution in [3.63, 3.8) is 0 Å². The van der Waals surface area contributed by atoms with Crippen LogP contribution in [-0.4, -0.2) is 52.9 Å². The molecule has 0 radical (unpaired) electrons. The van der Waals surface area contributed by atoms with Crippen molar-refractivity contribution in [1.82, 2.24) is 14.8 Å². The van der Waals surface area contributed by atoms with Gasteiger partial charge in [0.05, 0.1) is 15.7 Å². The van der Waals surface area contributed by atoms with Crippen molar-refractivity contribution < 1.29 is 4.79 Å². The van der Waals surface area contributed by atoms with E-state index in [4.69, 9.17) is 0 Å². The van der Waals surface area contributed by atoms with Crippen molar-refractivity contribution in [3.05, 3.63) is 83.4 Å². The van der Waals surface area contributed by atoms with Gasteiger partial charge in [0.2, 0.25) is 0 Å². The zero-order valence-corrected chi connectivity index (χ0v) is 20.5. The van der Waals surface area contributed by atoms with Gasteiger partial charge in [-0.25, -0.2) is 4.98 Å². The molecule has 0 aliphatic carbocycles. The van der Waals surface area contributed by atoms with E-state index in [1.807, 2.05) is 35.8 Å². The van der Waals surface area contributed by atoms with Crippen LogP contribution in [0.3, 0.4) is 0 Å². The zero-order valence-electron chi connectivity index (χ0n) is 19.7. The Balaban J connectivity index is 1.39. The number of piperazine rings is 1. The Morgan fingerprint density at radius 2 is 1.79 bits per heavy atom. The van der Waals surface area contributed by atoms with Gasteiger partial charge in [-0.3, -0.25) is 14.6 Å². The topological polar surface area (TPSA) is 48.5 Å². The molecule has 4 aromatic rings. The molecule has 1 saturated heterocycles. The van der Waals surface area contributed by atoms with Gasteiger partial charge < -0.3 is 5.32 Å². The van der Waals surface area contributed by atoms with Crippen LogP contribution in [0, 0.1) is 0 Å². The second kappa shape index (κ2) is 10.1. The third kappa shape index (κ3) is 5.04. The van der Waals surface area contributed by atoms with Crippen LogP contribution in [0.4, 0.5) is 5.69 Å². The van der Waals surface area contributed by atoms with E-state index in [2.05, 4.69) is 70.3 Å². The number of rotatable bonds is 6. The number of amides is 1. The average Bonchev–Trinajstić information content (AvgIpc) is 3.33. The Hall–Kier alpha value is -3.06. The second-order valence-electron chi connectivity index (χ2n) is 9.13. The highest BCUT2D eigenvalue weighted by molar-refractivity contribution is 7.16. The maximum atomic E-state index is 13.1. The minimum absolute atomic E-state index is 0.0972. The summed E-state index contributed by atoms with van der Waals surface area (Å²) in [6.45, 7) is 9.60. The second-order valence-corrected chi connectivity index (χ2v) is 10.0. The minimum atomic E-state index is -0.0972. The van der Waals surface area contributed by atoms with Crippen molar-refractivity contribution in [2.75, 3.05) is 31.5 Å². The molecule has 34 heavy (non-hydrogen) atoms. The van der Waals surface area contributed by atoms with E-state index < -0.39 is 0 Å². The highest BCUT2D eigenvalue weighted by Gasteiger charge is 2.20. The lowest BCUT2D eigenvalue weighted by Gasteiger charge is -2.37. The van der Waals surface area contributed by atoms with Crippen molar-refractivity contribution in [2.24, 2.45) is 0 Å². The number of hydrogen-bond acceptors (Lipinski definition) is 5. The molecule has 6 heteroatoms. The fourth-order valence-corrected chi connectivity index (χ4v) is 5.24. The summed E-state index contributed by atoms with van der Waals surface area (Å²) in [5.74, 6) is -0.0972. The summed E-state index contributed by atoms with van der Waals surface area (Å²) in [4.78, 5) is 22.5. The van der Waals surface area contributed by atoms with Crippen LogP contribution in [0.2, 0.25) is 0 Å². The lowest BCUT2D eigenvalue weighted by molar-refractivity contribution is 0.102. The highest BCUT2D eigenvalue weighted by atomic mass is 32.1. The highest BCUT2D eigenvalue weighted by Crippen LogP contribution is 2.27. The lowest BCUT2D eigenvalue weighted by Crippen LogP contribution is -2.48. The first-order chi connectivity index (χ1) is 16.6. The van der Waals surface area contributed by atoms with Gasteiger partial charge in [0.15, 0.2) is 0 Å². The lowest BCUT2D eigenvalue weighted by atomic mass is 9.96. The van der Waals surface area contributed by atoms with Crippen LogP contribution >= 0.6 is 11.3 Å². The van der Waals surface area contributed by atoms with Gasteiger partial charge in [-0.1, -0.05) is 36.4 Å². The van der Waals surface area contributed by atoms with E-state index in [9.17, 15) is 4.79 Å². The fourth-order valence-electron chi connectivity index (χ4n) is 4.58. The monoisotopic (exact) mass is 470 g/mol. The number of carbonyl (C=O) groups excluding carboxylic acids is 1. The van der Waals surface area contributed by atoms with Crippen LogP contribution in [0.1, 0.15) is 29.8 Å². The Kier molecular flexibility index (Phi) is 6.72. The standard InChI is InChI=1S/C28H30N4OS/c1-20(2)32-14-12-31(13-15-32)18-23-16-22(8-10-25(23)21-6-4-3-5-7-21)28(33)30-24-9-11-27-26(17-24)29-19-34-27/h3-11,16-17,19-20H,12-15,18H2,1-2H3,(H,30,33). The molecule has 0 bridgehead atoms. The molecule has 1 N–H and O–H groups in total. The number of anilines is 1. The molecule has 0 atom stereocenters. The molecule has 0 spiro atoms. The first kappa shape index (κ1) is 22.7. The van der Waals surface area contributed by atoms with Crippen LogP contribution in [-0.2, 0) is 6.54 Å². The first-order valence-electron chi connectivity index (χ1n) is 11.9. The van der Waals surface area contributed by atoms with E-state index in [0.717, 1.165) is 48.6 Å². The van der Waals surface area contributed by atoms with Gasteiger partial charge in [0.1, 0.15) is 0 Å². The Bertz CT molecular complexity index is 1280. The molecule has 5 rings (SSSR count). The van der Waals surface area contributed by atoms with Gasteiger partial charge in [-0.2, -0.15) is 0 Å². The van der Waals surface area contributed by atoms with E-state index in [0.29, 0.717) is 11.6 Å². The third-order valence-corrected chi connectivity index (χ3v) is 7.38. The van der Waals surface area contributed by atoms with Gasteiger partial charge in [-0.15, -0.1) is 11.3 Å². The smallest absolute Gasteiger partial charge is 0.255 e. The van der Waals surface area contributed by atoms with Gasteiger partial charge in [0, 0.05) is 50.0 Å². The molecule has 2 heterocycles. The molecule has 0 unspecified atom stereocenters.